The summed E-state index contributed by atoms with van der Waals surface area (Å²) in [5.74, 6) is 5.97. The molecule has 0 radical (unpaired) electrons. The molecule has 0 aliphatic carbocycles. The summed E-state index contributed by atoms with van der Waals surface area (Å²) >= 11 is 0. The minimum absolute atomic E-state index is 0.0593. The molecular formula is C84H139N9O6Si2. The van der Waals surface area contributed by atoms with Gasteiger partial charge in [-0.2, -0.15) is 10.2 Å². The Kier molecular flexibility index (Phi) is 30.1. The van der Waals surface area contributed by atoms with Crippen molar-refractivity contribution < 1.29 is 28.2 Å². The van der Waals surface area contributed by atoms with Gasteiger partial charge in [-0.25, -0.2) is 9.97 Å². The normalized spacial score (nSPS) is 18.2. The van der Waals surface area contributed by atoms with Gasteiger partial charge in [0.1, 0.15) is 76.6 Å². The molecule has 564 valence electrons. The van der Waals surface area contributed by atoms with E-state index in [1.54, 1.807) is 31.5 Å². The van der Waals surface area contributed by atoms with Crippen LogP contribution in [0.3, 0.4) is 0 Å². The Morgan fingerprint density at radius 3 is 1.03 bits per heavy atom. The quantitative estimate of drug-likeness (QED) is 0.0301. The number of hydrogen-bond acceptors (Lipinski definition) is 12. The van der Waals surface area contributed by atoms with Gasteiger partial charge in [0.05, 0.1) is 6.20 Å². The highest BCUT2D eigenvalue weighted by atomic mass is 28.4. The van der Waals surface area contributed by atoms with Gasteiger partial charge in [-0.15, -0.1) is 5.10 Å². The lowest BCUT2D eigenvalue weighted by molar-refractivity contribution is 0.0519. The van der Waals surface area contributed by atoms with E-state index in [2.05, 4.69) is 167 Å². The number of ether oxygens (including phenoxy) is 3. The van der Waals surface area contributed by atoms with Crippen LogP contribution in [0.2, 0.25) is 36.3 Å². The van der Waals surface area contributed by atoms with Crippen molar-refractivity contribution in [2.45, 2.75) is 390 Å². The number of unbranched alkanes of at least 4 members (excludes halogenated alkanes) is 18. The van der Waals surface area contributed by atoms with Crippen LogP contribution < -0.4 is 23.1 Å². The Bertz CT molecular complexity index is 3360. The number of phenolic OH excluding ortho intramolecular Hbond substituents is 1. The molecule has 0 bridgehead atoms. The van der Waals surface area contributed by atoms with Gasteiger partial charge in [-0.1, -0.05) is 143 Å². The van der Waals surface area contributed by atoms with Crippen LogP contribution in [0, 0.1) is 62.3 Å². The molecule has 0 spiro atoms. The third-order valence-corrected chi connectivity index (χ3v) is 32.9. The molecule has 0 saturated carbocycles. The maximum absolute atomic E-state index is 10.3. The number of aryl methyl sites for hydroxylation is 3. The van der Waals surface area contributed by atoms with Crippen molar-refractivity contribution in [2.75, 3.05) is 0 Å². The van der Waals surface area contributed by atoms with Gasteiger partial charge in [0.15, 0.2) is 0 Å². The molecule has 9 rings (SSSR count). The standard InChI is InChI=1S/2C30H51N3O2Si.C24H37N3O2/c1-23-24(2)28-26(25(3)27(23)35-36(8,9)29(4,5)6)17-19-30(7,34-28)18-15-13-11-10-12-14-16-21-33-22-20-31-32-33;1-23-24(2)28-26(25(3)27(23)35-36(8,9)29(4,5)6)17-19-30(7,34-28)18-15-13-11-10-12-14-16-20-33-22-31-21-32-33;1-18-19(2)23-21(20(3)22(18)28)12-14-24(4,29-23)13-10-8-6-5-7-9-11-15-27-17-25-16-26-27/h20,22H,10-19,21H2,1-9H3;21-22H,10-20H2,1-9H3;16-17,28H,5-15H2,1-4H3/t;;24-/m..1/s1. The Hall–Kier alpha value is -5.69. The van der Waals surface area contributed by atoms with Crippen LogP contribution in [-0.2, 0) is 38.9 Å². The molecule has 2 unspecified atom stereocenters. The molecule has 0 saturated heterocycles. The van der Waals surface area contributed by atoms with E-state index in [0.717, 1.165) is 123 Å². The van der Waals surface area contributed by atoms with Crippen LogP contribution in [0.4, 0.5) is 0 Å². The number of aromatic nitrogens is 9. The fourth-order valence-corrected chi connectivity index (χ4v) is 16.8. The molecule has 0 fully saturated rings. The van der Waals surface area contributed by atoms with E-state index in [0.29, 0.717) is 5.75 Å². The summed E-state index contributed by atoms with van der Waals surface area (Å²) in [5.41, 5.74) is 14.4. The van der Waals surface area contributed by atoms with Crippen molar-refractivity contribution in [3.05, 3.63) is 104 Å². The first-order valence-electron chi connectivity index (χ1n) is 39.6. The molecule has 1 N–H and O–H groups in total. The average molecular weight is 1430 g/mol. The number of hydrogen-bond donors (Lipinski definition) is 1. The topological polar surface area (TPSA) is 159 Å². The Balaban J connectivity index is 0.000000214. The summed E-state index contributed by atoms with van der Waals surface area (Å²) in [5, 5.41) is 26.9. The maximum atomic E-state index is 10.3. The van der Waals surface area contributed by atoms with Gasteiger partial charge in [0.25, 0.3) is 16.6 Å². The van der Waals surface area contributed by atoms with Crippen molar-refractivity contribution in [1.29, 1.82) is 0 Å². The number of fused-ring (bicyclic) bond motifs is 3. The summed E-state index contributed by atoms with van der Waals surface area (Å²) in [6.07, 6.45) is 47.1. The minimum Gasteiger partial charge on any atom is -0.543 e. The number of nitrogens with zero attached hydrogens (tertiary/aromatic N) is 9. The molecule has 101 heavy (non-hydrogen) atoms. The van der Waals surface area contributed by atoms with E-state index in [-0.39, 0.29) is 26.9 Å². The first kappa shape index (κ1) is 82.6. The van der Waals surface area contributed by atoms with Crippen molar-refractivity contribution in [2.24, 2.45) is 0 Å². The number of benzene rings is 3. The average Bonchev–Trinajstić information content (AvgIpc) is 1.76. The van der Waals surface area contributed by atoms with E-state index >= 15 is 0 Å². The zero-order valence-electron chi connectivity index (χ0n) is 67.8. The molecular weight excluding hydrogens is 1290 g/mol. The molecule has 6 heterocycles. The molecule has 17 heteroatoms. The van der Waals surface area contributed by atoms with Crippen LogP contribution in [-0.4, -0.2) is 83.1 Å². The summed E-state index contributed by atoms with van der Waals surface area (Å²) in [6.45, 7) is 52.5. The molecule has 3 aliphatic heterocycles. The van der Waals surface area contributed by atoms with E-state index in [1.165, 1.54) is 185 Å². The molecule has 3 atom stereocenters. The number of aromatic hydroxyl groups is 1. The minimum atomic E-state index is -1.90. The highest BCUT2D eigenvalue weighted by molar-refractivity contribution is 6.75. The highest BCUT2D eigenvalue weighted by Crippen LogP contribution is 2.50. The fraction of sp³-hybridized carbons (Fsp3) is 0.714. The monoisotopic (exact) mass is 1430 g/mol. The lowest BCUT2D eigenvalue weighted by Gasteiger charge is -2.41. The first-order valence-corrected chi connectivity index (χ1v) is 45.4. The van der Waals surface area contributed by atoms with Crippen LogP contribution in [0.25, 0.3) is 0 Å². The second-order valence-electron chi connectivity index (χ2n) is 34.6. The Morgan fingerprint density at radius 2 is 0.723 bits per heavy atom. The maximum Gasteiger partial charge on any atom is 0.250 e. The van der Waals surface area contributed by atoms with Gasteiger partial charge in [0, 0.05) is 42.5 Å². The third-order valence-electron chi connectivity index (χ3n) is 24.2. The molecule has 3 aromatic carbocycles. The van der Waals surface area contributed by atoms with Crippen molar-refractivity contribution in [1.82, 2.24) is 44.5 Å². The number of rotatable bonds is 34. The van der Waals surface area contributed by atoms with Crippen molar-refractivity contribution in [3.8, 4) is 34.5 Å². The fourth-order valence-electron chi connectivity index (χ4n) is 14.5. The number of phenols is 1. The molecule has 3 aliphatic rings. The second kappa shape index (κ2) is 36.8. The Labute approximate surface area is 614 Å². The Morgan fingerprint density at radius 1 is 0.416 bits per heavy atom. The van der Waals surface area contributed by atoms with Crippen LogP contribution in [0.15, 0.2) is 37.7 Å². The van der Waals surface area contributed by atoms with E-state index in [4.69, 9.17) is 23.1 Å². The lowest BCUT2D eigenvalue weighted by Crippen LogP contribution is -2.44. The van der Waals surface area contributed by atoms with Crippen LogP contribution in [0.1, 0.15) is 302 Å². The zero-order chi connectivity index (χ0) is 74.0. The highest BCUT2D eigenvalue weighted by Gasteiger charge is 2.43. The molecule has 0 amide bonds. The van der Waals surface area contributed by atoms with E-state index < -0.39 is 16.6 Å². The molecule has 3 aromatic heterocycles. The molecule has 15 nitrogen and oxygen atoms in total. The lowest BCUT2D eigenvalue weighted by atomic mass is 9.84. The predicted octanol–water partition coefficient (Wildman–Crippen LogP) is 22.8. The smallest absolute Gasteiger partial charge is 0.250 e. The van der Waals surface area contributed by atoms with E-state index in [9.17, 15) is 5.11 Å². The summed E-state index contributed by atoms with van der Waals surface area (Å²) in [6, 6.07) is 0. The zero-order valence-corrected chi connectivity index (χ0v) is 69.8. The van der Waals surface area contributed by atoms with Gasteiger partial charge in [-0.3, -0.25) is 14.0 Å². The van der Waals surface area contributed by atoms with Gasteiger partial charge in [0.2, 0.25) is 0 Å². The molecule has 6 aromatic rings. The van der Waals surface area contributed by atoms with Crippen molar-refractivity contribution >= 4 is 16.6 Å². The summed E-state index contributed by atoms with van der Waals surface area (Å²) in [4.78, 5) is 7.98. The SMILES string of the molecule is Cc1c(C)c2c(c(C)c1O)CC[C@@](C)(CCCCCCCCCn1cncn1)O2.Cc1c(C)c2c(c(C)c1O[Si](C)(C)C(C)(C)C)CCC(C)(CCCCCCCCCn1ccnn1)O2.Cc1c(C)c2c(c(C)c1O[Si](C)(C)C(C)(C)C)CCC(C)(CCCCCCCCCn1cncn1)O2. The summed E-state index contributed by atoms with van der Waals surface area (Å²) < 4.78 is 39.6. The summed E-state index contributed by atoms with van der Waals surface area (Å²) in [7, 11) is -3.80. The van der Waals surface area contributed by atoms with Crippen LogP contribution >= 0.6 is 0 Å². The first-order chi connectivity index (χ1) is 47.6. The second-order valence-corrected chi connectivity index (χ2v) is 44.0. The van der Waals surface area contributed by atoms with Crippen LogP contribution in [0.5, 0.6) is 34.5 Å². The third kappa shape index (κ3) is 22.9. The van der Waals surface area contributed by atoms with Gasteiger partial charge >= 0.3 is 0 Å². The predicted molar refractivity (Wildman–Crippen MR) is 422 cm³/mol. The van der Waals surface area contributed by atoms with Gasteiger partial charge in [-0.05, 0) is 266 Å². The van der Waals surface area contributed by atoms with Crippen molar-refractivity contribution in [3.63, 3.8) is 0 Å². The van der Waals surface area contributed by atoms with Gasteiger partial charge < -0.3 is 28.2 Å². The largest absolute Gasteiger partial charge is 0.543 e. The van der Waals surface area contributed by atoms with E-state index in [1.807, 2.05) is 34.1 Å².